The molecule has 1 aromatic heterocycles. The quantitative estimate of drug-likeness (QED) is 0.894. The maximum absolute atomic E-state index is 12.7. The number of nitrogens with zero attached hydrogens (tertiary/aromatic N) is 1. The number of rotatable bonds is 5. The number of carboxylic acids is 1. The summed E-state index contributed by atoms with van der Waals surface area (Å²) in [5.41, 5.74) is 0.823. The molecule has 0 unspecified atom stereocenters. The van der Waals surface area contributed by atoms with Gasteiger partial charge in [-0.05, 0) is 36.4 Å². The van der Waals surface area contributed by atoms with Gasteiger partial charge in [0.2, 0.25) is 0 Å². The second kappa shape index (κ2) is 7.40. The second-order valence-corrected chi connectivity index (χ2v) is 5.72. The molecule has 3 rings (SSSR count). The molecule has 2 heterocycles. The normalized spacial score (nSPS) is 17.3. The number of hydrogen-bond acceptors (Lipinski definition) is 5. The van der Waals surface area contributed by atoms with Crippen molar-refractivity contribution in [2.75, 3.05) is 26.9 Å². The van der Waals surface area contributed by atoms with Crippen molar-refractivity contribution in [2.45, 2.75) is 12.5 Å². The van der Waals surface area contributed by atoms with Crippen molar-refractivity contribution in [2.24, 2.45) is 0 Å². The lowest BCUT2D eigenvalue weighted by molar-refractivity contribution is -0.139. The van der Waals surface area contributed by atoms with E-state index in [1.165, 1.54) is 4.90 Å². The first-order chi connectivity index (χ1) is 12.1. The maximum atomic E-state index is 12.7. The Morgan fingerprint density at radius 3 is 2.68 bits per heavy atom. The van der Waals surface area contributed by atoms with Crippen molar-refractivity contribution in [3.8, 4) is 17.1 Å². The smallest absolute Gasteiger partial charge is 0.305 e. The molecule has 1 atom stereocenters. The van der Waals surface area contributed by atoms with Crippen LogP contribution in [-0.4, -0.2) is 54.8 Å². The fraction of sp³-hybridized carbons (Fsp3) is 0.333. The molecule has 7 heteroatoms. The lowest BCUT2D eigenvalue weighted by atomic mass is 10.1. The van der Waals surface area contributed by atoms with Crippen LogP contribution in [-0.2, 0) is 9.53 Å². The third kappa shape index (κ3) is 3.83. The number of hydrogen-bond donors (Lipinski definition) is 1. The van der Waals surface area contributed by atoms with Crippen molar-refractivity contribution < 1.29 is 28.6 Å². The van der Waals surface area contributed by atoms with E-state index < -0.39 is 12.0 Å². The van der Waals surface area contributed by atoms with Crippen LogP contribution in [0.2, 0.25) is 0 Å². The Labute approximate surface area is 144 Å². The lowest BCUT2D eigenvalue weighted by Gasteiger charge is -2.34. The molecule has 2 aromatic rings. The molecular weight excluding hydrogens is 326 g/mol. The number of aliphatic carboxylic acids is 1. The summed E-state index contributed by atoms with van der Waals surface area (Å²) in [5.74, 6) is 0.189. The Hall–Kier alpha value is -2.80. The van der Waals surface area contributed by atoms with Crippen LogP contribution >= 0.6 is 0 Å². The van der Waals surface area contributed by atoms with E-state index in [1.54, 1.807) is 19.2 Å². The molecule has 1 saturated heterocycles. The number of morpholine rings is 1. The molecule has 0 saturated carbocycles. The minimum absolute atomic E-state index is 0.155. The fourth-order valence-electron chi connectivity index (χ4n) is 2.80. The third-order valence-electron chi connectivity index (χ3n) is 4.09. The number of carboxylic acid groups (broad SMARTS) is 1. The van der Waals surface area contributed by atoms with Crippen molar-refractivity contribution in [3.05, 3.63) is 42.2 Å². The van der Waals surface area contributed by atoms with Gasteiger partial charge >= 0.3 is 5.97 Å². The highest BCUT2D eigenvalue weighted by Crippen LogP contribution is 2.26. The van der Waals surface area contributed by atoms with Gasteiger partial charge in [0.05, 0.1) is 32.8 Å². The highest BCUT2D eigenvalue weighted by Gasteiger charge is 2.31. The molecule has 0 radical (unpaired) electrons. The molecule has 1 fully saturated rings. The minimum Gasteiger partial charge on any atom is -0.497 e. The number of amides is 1. The molecule has 1 N–H and O–H groups in total. The predicted molar refractivity (Wildman–Crippen MR) is 88.6 cm³/mol. The summed E-state index contributed by atoms with van der Waals surface area (Å²) in [6.45, 7) is 0.938. The number of ether oxygens (including phenoxy) is 2. The zero-order chi connectivity index (χ0) is 17.8. The molecule has 0 aliphatic carbocycles. The number of carbonyl (C=O) groups excluding carboxylic acids is 1. The van der Waals surface area contributed by atoms with Crippen LogP contribution in [0.3, 0.4) is 0 Å². The summed E-state index contributed by atoms with van der Waals surface area (Å²) in [7, 11) is 1.59. The highest BCUT2D eigenvalue weighted by molar-refractivity contribution is 5.92. The largest absolute Gasteiger partial charge is 0.497 e. The summed E-state index contributed by atoms with van der Waals surface area (Å²) < 4.78 is 16.1. The third-order valence-corrected chi connectivity index (χ3v) is 4.09. The van der Waals surface area contributed by atoms with E-state index in [0.29, 0.717) is 18.9 Å². The van der Waals surface area contributed by atoms with Gasteiger partial charge in [-0.25, -0.2) is 0 Å². The average Bonchev–Trinajstić information content (AvgIpc) is 3.11. The van der Waals surface area contributed by atoms with Crippen LogP contribution in [0.15, 0.2) is 40.8 Å². The molecule has 0 spiro atoms. The highest BCUT2D eigenvalue weighted by atomic mass is 16.5. The topological polar surface area (TPSA) is 89.2 Å². The van der Waals surface area contributed by atoms with Gasteiger partial charge in [0, 0.05) is 12.1 Å². The monoisotopic (exact) mass is 345 g/mol. The Bertz CT molecular complexity index is 751. The van der Waals surface area contributed by atoms with Crippen molar-refractivity contribution in [1.82, 2.24) is 4.90 Å². The molecular formula is C18H19NO6. The van der Waals surface area contributed by atoms with E-state index in [0.717, 1.165) is 11.3 Å². The van der Waals surface area contributed by atoms with Crippen molar-refractivity contribution >= 4 is 11.9 Å². The van der Waals surface area contributed by atoms with E-state index in [1.807, 2.05) is 24.3 Å². The van der Waals surface area contributed by atoms with Crippen LogP contribution in [0.4, 0.5) is 0 Å². The van der Waals surface area contributed by atoms with Gasteiger partial charge in [0.25, 0.3) is 5.91 Å². The lowest BCUT2D eigenvalue weighted by Crippen LogP contribution is -2.49. The van der Waals surface area contributed by atoms with Gasteiger partial charge in [-0.2, -0.15) is 0 Å². The van der Waals surface area contributed by atoms with E-state index in [9.17, 15) is 9.59 Å². The summed E-state index contributed by atoms with van der Waals surface area (Å²) in [5, 5.41) is 9.00. The number of methoxy groups -OCH3 is 1. The van der Waals surface area contributed by atoms with Gasteiger partial charge < -0.3 is 23.9 Å². The molecule has 132 valence electrons. The average molecular weight is 345 g/mol. The molecule has 25 heavy (non-hydrogen) atoms. The number of carbonyl (C=O) groups is 2. The van der Waals surface area contributed by atoms with E-state index >= 15 is 0 Å². The van der Waals surface area contributed by atoms with Crippen LogP contribution in [0.25, 0.3) is 11.3 Å². The van der Waals surface area contributed by atoms with E-state index in [-0.39, 0.29) is 24.7 Å². The van der Waals surface area contributed by atoms with Crippen LogP contribution in [0.5, 0.6) is 5.75 Å². The SMILES string of the molecule is COc1ccc(-c2ccc(C(=O)N3CCOC[C@@H]3CC(=O)O)o2)cc1. The Morgan fingerprint density at radius 1 is 1.24 bits per heavy atom. The molecule has 0 bridgehead atoms. The molecule has 1 aromatic carbocycles. The van der Waals surface area contributed by atoms with E-state index in [4.69, 9.17) is 19.0 Å². The van der Waals surface area contributed by atoms with Gasteiger partial charge in [0.15, 0.2) is 5.76 Å². The zero-order valence-electron chi connectivity index (χ0n) is 13.8. The Morgan fingerprint density at radius 2 is 2.00 bits per heavy atom. The van der Waals surface area contributed by atoms with Crippen LogP contribution < -0.4 is 4.74 Å². The van der Waals surface area contributed by atoms with Crippen molar-refractivity contribution in [1.29, 1.82) is 0 Å². The van der Waals surface area contributed by atoms with Gasteiger partial charge in [0.1, 0.15) is 11.5 Å². The van der Waals surface area contributed by atoms with Gasteiger partial charge in [-0.1, -0.05) is 0 Å². The molecule has 1 amide bonds. The standard InChI is InChI=1S/C18H19NO6/c1-23-14-4-2-12(3-5-14)15-6-7-16(25-15)18(22)19-8-9-24-11-13(19)10-17(20)21/h2-7,13H,8-11H2,1H3,(H,20,21)/t13-/m0/s1. The van der Waals surface area contributed by atoms with E-state index in [2.05, 4.69) is 0 Å². The van der Waals surface area contributed by atoms with Gasteiger partial charge in [-0.15, -0.1) is 0 Å². The maximum Gasteiger partial charge on any atom is 0.305 e. The summed E-state index contributed by atoms with van der Waals surface area (Å²) in [6.07, 6.45) is -0.155. The summed E-state index contributed by atoms with van der Waals surface area (Å²) in [4.78, 5) is 25.2. The van der Waals surface area contributed by atoms with Crippen LogP contribution in [0, 0.1) is 0 Å². The molecule has 1 aliphatic heterocycles. The number of benzene rings is 1. The second-order valence-electron chi connectivity index (χ2n) is 5.72. The van der Waals surface area contributed by atoms with Crippen LogP contribution in [0.1, 0.15) is 17.0 Å². The summed E-state index contributed by atoms with van der Waals surface area (Å²) >= 11 is 0. The number of furan rings is 1. The first-order valence-corrected chi connectivity index (χ1v) is 7.93. The zero-order valence-corrected chi connectivity index (χ0v) is 13.8. The molecule has 1 aliphatic rings. The fourth-order valence-corrected chi connectivity index (χ4v) is 2.80. The predicted octanol–water partition coefficient (Wildman–Crippen LogP) is 2.27. The first kappa shape index (κ1) is 17.0. The Kier molecular flexibility index (Phi) is 5.04. The summed E-state index contributed by atoms with van der Waals surface area (Å²) in [6, 6.07) is 10.1. The van der Waals surface area contributed by atoms with Gasteiger partial charge in [-0.3, -0.25) is 9.59 Å². The van der Waals surface area contributed by atoms with Crippen molar-refractivity contribution in [3.63, 3.8) is 0 Å². The minimum atomic E-state index is -0.966. The molecule has 7 nitrogen and oxygen atoms in total. The first-order valence-electron chi connectivity index (χ1n) is 7.93. The Balaban J connectivity index is 1.77.